The molecular weight excluding hydrogens is 306 g/mol. The van der Waals surface area contributed by atoms with Crippen molar-refractivity contribution in [2.45, 2.75) is 18.9 Å². The summed E-state index contributed by atoms with van der Waals surface area (Å²) in [5.74, 6) is -0.922. The molecule has 0 radical (unpaired) electrons. The Kier molecular flexibility index (Phi) is 5.60. The number of thiophene rings is 1. The van der Waals surface area contributed by atoms with Crippen molar-refractivity contribution in [3.63, 3.8) is 0 Å². The van der Waals surface area contributed by atoms with Gasteiger partial charge in [0.1, 0.15) is 0 Å². The molecule has 0 aliphatic carbocycles. The number of carbonyl (C=O) groups excluding carboxylic acids is 2. The lowest BCUT2D eigenvalue weighted by atomic mass is 10.2. The van der Waals surface area contributed by atoms with E-state index in [0.717, 1.165) is 10.2 Å². The predicted molar refractivity (Wildman–Crippen MR) is 70.5 cm³/mol. The molecule has 17 heavy (non-hydrogen) atoms. The molecule has 1 heterocycles. The average molecular weight is 320 g/mol. The van der Waals surface area contributed by atoms with Crippen molar-refractivity contribution in [3.05, 3.63) is 20.8 Å². The predicted octanol–water partition coefficient (Wildman–Crippen LogP) is 0.372. The summed E-state index contributed by atoms with van der Waals surface area (Å²) in [6.07, 6.45) is 0.613. The van der Waals surface area contributed by atoms with Gasteiger partial charge in [0.25, 0.3) is 0 Å². The lowest BCUT2D eigenvalue weighted by Crippen LogP contribution is -2.43. The van der Waals surface area contributed by atoms with Gasteiger partial charge in [-0.3, -0.25) is 9.59 Å². The highest BCUT2D eigenvalue weighted by Crippen LogP contribution is 2.21. The van der Waals surface area contributed by atoms with E-state index in [1.807, 2.05) is 12.1 Å². The third-order valence-electron chi connectivity index (χ3n) is 2.06. The van der Waals surface area contributed by atoms with E-state index >= 15 is 0 Å². The third-order valence-corrected chi connectivity index (χ3v) is 3.74. The number of hydrogen-bond donors (Lipinski definition) is 3. The lowest BCUT2D eigenvalue weighted by molar-refractivity contribution is -0.126. The fourth-order valence-electron chi connectivity index (χ4n) is 1.24. The first-order valence-corrected chi connectivity index (χ1v) is 6.66. The Bertz CT molecular complexity index is 408. The highest BCUT2D eigenvalue weighted by atomic mass is 79.9. The van der Waals surface area contributed by atoms with Gasteiger partial charge in [-0.1, -0.05) is 0 Å². The summed E-state index contributed by atoms with van der Waals surface area (Å²) in [6, 6.07) is 3.09. The van der Waals surface area contributed by atoms with Gasteiger partial charge in [-0.15, -0.1) is 11.3 Å². The van der Waals surface area contributed by atoms with Crippen LogP contribution in [-0.4, -0.2) is 24.4 Å². The summed E-state index contributed by atoms with van der Waals surface area (Å²) in [5, 5.41) is 2.67. The molecule has 94 valence electrons. The summed E-state index contributed by atoms with van der Waals surface area (Å²) >= 11 is 4.98. The molecule has 0 saturated carbocycles. The Morgan fingerprint density at radius 2 is 2.18 bits per heavy atom. The molecule has 1 aromatic rings. The minimum absolute atomic E-state index is 0.129. The first kappa shape index (κ1) is 14.1. The Balaban J connectivity index is 2.26. The minimum Gasteiger partial charge on any atom is -0.370 e. The van der Waals surface area contributed by atoms with Crippen LogP contribution in [0, 0.1) is 0 Å². The van der Waals surface area contributed by atoms with E-state index in [0.29, 0.717) is 6.54 Å². The highest BCUT2D eigenvalue weighted by Gasteiger charge is 2.15. The van der Waals surface area contributed by atoms with Crippen LogP contribution in [0.3, 0.4) is 0 Å². The second-order valence-corrected chi connectivity index (χ2v) is 6.07. The molecule has 5 N–H and O–H groups in total. The van der Waals surface area contributed by atoms with E-state index in [2.05, 4.69) is 21.2 Å². The van der Waals surface area contributed by atoms with Gasteiger partial charge >= 0.3 is 0 Å². The van der Waals surface area contributed by atoms with Gasteiger partial charge in [0.05, 0.1) is 16.2 Å². The Hall–Kier alpha value is -0.920. The first-order valence-electron chi connectivity index (χ1n) is 5.05. The summed E-state index contributed by atoms with van der Waals surface area (Å²) in [7, 11) is 0. The van der Waals surface area contributed by atoms with Crippen LogP contribution in [0.15, 0.2) is 15.9 Å². The zero-order valence-corrected chi connectivity index (χ0v) is 11.5. The van der Waals surface area contributed by atoms with Crippen LogP contribution in [-0.2, 0) is 16.0 Å². The van der Waals surface area contributed by atoms with Crippen LogP contribution in [0.25, 0.3) is 0 Å². The smallest absolute Gasteiger partial charge is 0.237 e. The number of hydrogen-bond acceptors (Lipinski definition) is 4. The van der Waals surface area contributed by atoms with Gasteiger partial charge in [0.15, 0.2) is 0 Å². The quantitative estimate of drug-likeness (QED) is 0.706. The topological polar surface area (TPSA) is 98.2 Å². The van der Waals surface area contributed by atoms with Gasteiger partial charge in [-0.25, -0.2) is 0 Å². The number of nitrogens with one attached hydrogen (secondary N) is 1. The van der Waals surface area contributed by atoms with Gasteiger partial charge in [-0.05, 0) is 34.5 Å². The van der Waals surface area contributed by atoms with Crippen molar-refractivity contribution < 1.29 is 9.59 Å². The van der Waals surface area contributed by atoms with Crippen LogP contribution < -0.4 is 16.8 Å². The van der Waals surface area contributed by atoms with Crippen molar-refractivity contribution in [2.24, 2.45) is 11.5 Å². The largest absolute Gasteiger partial charge is 0.370 e. The summed E-state index contributed by atoms with van der Waals surface area (Å²) < 4.78 is 1.06. The molecule has 7 heteroatoms. The Morgan fingerprint density at radius 1 is 1.47 bits per heavy atom. The molecule has 1 unspecified atom stereocenters. The molecule has 1 aromatic heterocycles. The fourth-order valence-corrected chi connectivity index (χ4v) is 2.72. The average Bonchev–Trinajstić information content (AvgIpc) is 2.63. The van der Waals surface area contributed by atoms with Crippen molar-refractivity contribution in [1.82, 2.24) is 5.32 Å². The SMILES string of the molecule is NC(=O)CC(N)C(=O)NCCc1ccc(Br)s1. The van der Waals surface area contributed by atoms with Crippen molar-refractivity contribution in [3.8, 4) is 0 Å². The molecule has 5 nitrogen and oxygen atoms in total. The van der Waals surface area contributed by atoms with E-state index in [9.17, 15) is 9.59 Å². The molecular formula is C10H14BrN3O2S. The van der Waals surface area contributed by atoms with E-state index in [-0.39, 0.29) is 12.3 Å². The first-order chi connectivity index (χ1) is 7.99. The zero-order chi connectivity index (χ0) is 12.8. The minimum atomic E-state index is -0.859. The molecule has 0 fully saturated rings. The lowest BCUT2D eigenvalue weighted by Gasteiger charge is -2.09. The monoisotopic (exact) mass is 319 g/mol. The maximum Gasteiger partial charge on any atom is 0.237 e. The Morgan fingerprint density at radius 3 is 2.71 bits per heavy atom. The molecule has 0 aliphatic heterocycles. The number of amides is 2. The van der Waals surface area contributed by atoms with Crippen LogP contribution in [0.4, 0.5) is 0 Å². The molecule has 0 spiro atoms. The summed E-state index contributed by atoms with van der Waals surface area (Å²) in [6.45, 7) is 0.498. The summed E-state index contributed by atoms with van der Waals surface area (Å²) in [4.78, 5) is 23.2. The fraction of sp³-hybridized carbons (Fsp3) is 0.400. The van der Waals surface area contributed by atoms with Crippen molar-refractivity contribution in [1.29, 1.82) is 0 Å². The van der Waals surface area contributed by atoms with Crippen molar-refractivity contribution >= 4 is 39.1 Å². The van der Waals surface area contributed by atoms with E-state index < -0.39 is 11.9 Å². The van der Waals surface area contributed by atoms with Gasteiger partial charge in [-0.2, -0.15) is 0 Å². The van der Waals surface area contributed by atoms with Crippen LogP contribution in [0.1, 0.15) is 11.3 Å². The van der Waals surface area contributed by atoms with Gasteiger partial charge in [0.2, 0.25) is 11.8 Å². The normalized spacial score (nSPS) is 12.1. The van der Waals surface area contributed by atoms with E-state index in [4.69, 9.17) is 11.5 Å². The number of nitrogens with two attached hydrogens (primary N) is 2. The van der Waals surface area contributed by atoms with Crippen LogP contribution in [0.2, 0.25) is 0 Å². The van der Waals surface area contributed by atoms with Crippen molar-refractivity contribution in [2.75, 3.05) is 6.54 Å². The Labute approximate surface area is 112 Å². The molecule has 2 amide bonds. The van der Waals surface area contributed by atoms with Gasteiger partial charge < -0.3 is 16.8 Å². The third kappa shape index (κ3) is 5.29. The second kappa shape index (κ2) is 6.73. The molecule has 0 aliphatic rings. The number of carbonyl (C=O) groups is 2. The number of halogens is 1. The molecule has 1 atom stereocenters. The van der Waals surface area contributed by atoms with Crippen LogP contribution >= 0.6 is 27.3 Å². The number of primary amides is 1. The van der Waals surface area contributed by atoms with E-state index in [1.54, 1.807) is 11.3 Å². The zero-order valence-electron chi connectivity index (χ0n) is 9.11. The maximum atomic E-state index is 11.4. The highest BCUT2D eigenvalue weighted by molar-refractivity contribution is 9.11. The van der Waals surface area contributed by atoms with Gasteiger partial charge in [0, 0.05) is 11.4 Å². The van der Waals surface area contributed by atoms with E-state index in [1.165, 1.54) is 4.88 Å². The standard InChI is InChI=1S/C10H14BrN3O2S/c11-8-2-1-6(17-8)3-4-14-10(16)7(12)5-9(13)15/h1-2,7H,3-5,12H2,(H2,13,15)(H,14,16). The maximum absolute atomic E-state index is 11.4. The second-order valence-electron chi connectivity index (χ2n) is 3.52. The molecule has 0 aromatic carbocycles. The number of rotatable bonds is 6. The van der Waals surface area contributed by atoms with Crippen LogP contribution in [0.5, 0.6) is 0 Å². The molecule has 0 bridgehead atoms. The summed E-state index contributed by atoms with van der Waals surface area (Å²) in [5.41, 5.74) is 10.4. The molecule has 0 saturated heterocycles. The molecule has 1 rings (SSSR count).